The Kier molecular flexibility index (Phi) is 5.53. The summed E-state index contributed by atoms with van der Waals surface area (Å²) in [7, 11) is 0. The Morgan fingerprint density at radius 2 is 1.96 bits per heavy atom. The van der Waals surface area contributed by atoms with Gasteiger partial charge in [-0.25, -0.2) is 15.0 Å². The lowest BCUT2D eigenvalue weighted by Gasteiger charge is -2.14. The van der Waals surface area contributed by atoms with E-state index in [0.717, 1.165) is 5.56 Å². The van der Waals surface area contributed by atoms with Crippen LogP contribution in [-0.4, -0.2) is 38.4 Å². The highest BCUT2D eigenvalue weighted by atomic mass is 16.1. The third-order valence-corrected chi connectivity index (χ3v) is 3.73. The fourth-order valence-electron chi connectivity index (χ4n) is 2.33. The Labute approximate surface area is 156 Å². The number of aromatic nitrogens is 4. The number of carbonyl (C=O) groups is 1. The van der Waals surface area contributed by atoms with E-state index in [1.807, 2.05) is 31.2 Å². The number of carbonyl (C=O) groups excluding carboxylic acids is 1. The first kappa shape index (κ1) is 18.2. The van der Waals surface area contributed by atoms with E-state index in [9.17, 15) is 4.79 Å². The van der Waals surface area contributed by atoms with Crippen molar-refractivity contribution in [3.05, 3.63) is 54.5 Å². The first-order chi connectivity index (χ1) is 13.1. The molecule has 9 nitrogen and oxygen atoms in total. The standard InChI is InChI=1S/C18H20N8O/c1-11(9-19)24-18-23-10-14(15(20)27)17(26-18)25-13-5-2-4-12(8-13)16-21-6-3-7-22-16/h2-8,10-11H,9,19H2,1H3,(H2,20,27)(H2,23,24,25,26). The molecule has 1 atom stereocenters. The van der Waals surface area contributed by atoms with E-state index in [2.05, 4.69) is 30.6 Å². The molecule has 3 rings (SSSR count). The second-order valence-electron chi connectivity index (χ2n) is 5.88. The number of nitrogens with two attached hydrogens (primary N) is 2. The van der Waals surface area contributed by atoms with Crippen LogP contribution in [0, 0.1) is 0 Å². The average molecular weight is 364 g/mol. The first-order valence-electron chi connectivity index (χ1n) is 8.34. The molecule has 1 unspecified atom stereocenters. The normalized spacial score (nSPS) is 11.6. The number of primary amides is 1. The van der Waals surface area contributed by atoms with Gasteiger partial charge in [-0.2, -0.15) is 4.98 Å². The SMILES string of the molecule is CC(CN)Nc1ncc(C(N)=O)c(Nc2cccc(-c3ncccn3)c2)n1. The van der Waals surface area contributed by atoms with Gasteiger partial charge in [-0.05, 0) is 25.1 Å². The van der Waals surface area contributed by atoms with Crippen LogP contribution in [-0.2, 0) is 0 Å². The minimum absolute atomic E-state index is 0.0177. The Balaban J connectivity index is 1.92. The lowest BCUT2D eigenvalue weighted by Crippen LogP contribution is -2.26. The molecule has 0 saturated carbocycles. The quantitative estimate of drug-likeness (QED) is 0.494. The summed E-state index contributed by atoms with van der Waals surface area (Å²) < 4.78 is 0. The second-order valence-corrected chi connectivity index (χ2v) is 5.88. The molecule has 9 heteroatoms. The Bertz CT molecular complexity index is 932. The van der Waals surface area contributed by atoms with Crippen LogP contribution in [0.25, 0.3) is 11.4 Å². The summed E-state index contributed by atoms with van der Waals surface area (Å²) >= 11 is 0. The van der Waals surface area contributed by atoms with Crippen molar-refractivity contribution in [3.8, 4) is 11.4 Å². The highest BCUT2D eigenvalue weighted by molar-refractivity contribution is 5.98. The first-order valence-corrected chi connectivity index (χ1v) is 8.34. The summed E-state index contributed by atoms with van der Waals surface area (Å²) in [6, 6.07) is 9.19. The molecule has 2 heterocycles. The molecule has 1 amide bonds. The van der Waals surface area contributed by atoms with Gasteiger partial charge in [0.1, 0.15) is 11.4 Å². The van der Waals surface area contributed by atoms with Gasteiger partial charge in [0.2, 0.25) is 5.95 Å². The maximum absolute atomic E-state index is 11.7. The van der Waals surface area contributed by atoms with Gasteiger partial charge in [-0.15, -0.1) is 0 Å². The smallest absolute Gasteiger partial charge is 0.254 e. The van der Waals surface area contributed by atoms with Gasteiger partial charge in [0.25, 0.3) is 5.91 Å². The molecule has 0 radical (unpaired) electrons. The minimum Gasteiger partial charge on any atom is -0.365 e. The summed E-state index contributed by atoms with van der Waals surface area (Å²) in [6.07, 6.45) is 4.73. The van der Waals surface area contributed by atoms with Crippen LogP contribution in [0.15, 0.2) is 48.9 Å². The van der Waals surface area contributed by atoms with E-state index in [1.165, 1.54) is 6.20 Å². The zero-order valence-electron chi connectivity index (χ0n) is 14.8. The number of amides is 1. The van der Waals surface area contributed by atoms with Crippen molar-refractivity contribution in [2.45, 2.75) is 13.0 Å². The molecule has 27 heavy (non-hydrogen) atoms. The van der Waals surface area contributed by atoms with Crippen molar-refractivity contribution in [3.63, 3.8) is 0 Å². The molecule has 0 aliphatic rings. The van der Waals surface area contributed by atoms with E-state index in [4.69, 9.17) is 11.5 Å². The summed E-state index contributed by atoms with van der Waals surface area (Å²) in [5.74, 6) is 0.620. The maximum Gasteiger partial charge on any atom is 0.254 e. The lowest BCUT2D eigenvalue weighted by molar-refractivity contribution is 0.100. The van der Waals surface area contributed by atoms with Crippen LogP contribution in [0.4, 0.5) is 17.5 Å². The number of hydrogen-bond donors (Lipinski definition) is 4. The van der Waals surface area contributed by atoms with Crippen molar-refractivity contribution in [1.29, 1.82) is 0 Å². The van der Waals surface area contributed by atoms with Crippen LogP contribution < -0.4 is 22.1 Å². The molecular formula is C18H20N8O. The molecule has 0 aliphatic carbocycles. The highest BCUT2D eigenvalue weighted by Crippen LogP contribution is 2.23. The number of rotatable bonds is 7. The summed E-state index contributed by atoms with van der Waals surface area (Å²) in [5, 5.41) is 6.18. The average Bonchev–Trinajstić information content (AvgIpc) is 2.69. The van der Waals surface area contributed by atoms with E-state index in [-0.39, 0.29) is 11.6 Å². The van der Waals surface area contributed by atoms with Gasteiger partial charge in [0.05, 0.1) is 0 Å². The Hall–Kier alpha value is -3.59. The van der Waals surface area contributed by atoms with Gasteiger partial charge in [-0.3, -0.25) is 4.79 Å². The number of nitrogens with one attached hydrogen (secondary N) is 2. The van der Waals surface area contributed by atoms with Gasteiger partial charge in [0.15, 0.2) is 5.82 Å². The zero-order valence-corrected chi connectivity index (χ0v) is 14.8. The van der Waals surface area contributed by atoms with Crippen molar-refractivity contribution in [1.82, 2.24) is 19.9 Å². The number of benzene rings is 1. The van der Waals surface area contributed by atoms with Gasteiger partial charge in [-0.1, -0.05) is 12.1 Å². The van der Waals surface area contributed by atoms with Gasteiger partial charge >= 0.3 is 0 Å². The molecule has 0 fully saturated rings. The van der Waals surface area contributed by atoms with Crippen molar-refractivity contribution in [2.75, 3.05) is 17.2 Å². The second kappa shape index (κ2) is 8.19. The molecule has 6 N–H and O–H groups in total. The van der Waals surface area contributed by atoms with Crippen LogP contribution >= 0.6 is 0 Å². The summed E-state index contributed by atoms with van der Waals surface area (Å²) in [6.45, 7) is 2.32. The molecular weight excluding hydrogens is 344 g/mol. The van der Waals surface area contributed by atoms with E-state index in [1.54, 1.807) is 18.5 Å². The Morgan fingerprint density at radius 3 is 2.67 bits per heavy atom. The molecule has 138 valence electrons. The monoisotopic (exact) mass is 364 g/mol. The van der Waals surface area contributed by atoms with E-state index in [0.29, 0.717) is 29.8 Å². The number of anilines is 3. The van der Waals surface area contributed by atoms with Gasteiger partial charge < -0.3 is 22.1 Å². The zero-order chi connectivity index (χ0) is 19.2. The summed E-state index contributed by atoms with van der Waals surface area (Å²) in [4.78, 5) is 28.7. The van der Waals surface area contributed by atoms with E-state index < -0.39 is 5.91 Å². The van der Waals surface area contributed by atoms with Gasteiger partial charge in [0, 0.05) is 42.4 Å². The molecule has 0 spiro atoms. The predicted molar refractivity (Wildman–Crippen MR) is 103 cm³/mol. The lowest BCUT2D eigenvalue weighted by atomic mass is 10.2. The molecule has 2 aromatic heterocycles. The van der Waals surface area contributed by atoms with Crippen LogP contribution in [0.1, 0.15) is 17.3 Å². The number of hydrogen-bond acceptors (Lipinski definition) is 8. The molecule has 0 bridgehead atoms. The number of nitrogens with zero attached hydrogens (tertiary/aromatic N) is 4. The minimum atomic E-state index is -0.626. The van der Waals surface area contributed by atoms with Crippen molar-refractivity contribution < 1.29 is 4.79 Å². The fraction of sp³-hybridized carbons (Fsp3) is 0.167. The van der Waals surface area contributed by atoms with Crippen LogP contribution in [0.2, 0.25) is 0 Å². The van der Waals surface area contributed by atoms with Crippen molar-refractivity contribution in [2.24, 2.45) is 11.5 Å². The third-order valence-electron chi connectivity index (χ3n) is 3.73. The molecule has 0 saturated heterocycles. The predicted octanol–water partition coefficient (Wildman–Crippen LogP) is 1.54. The Morgan fingerprint density at radius 1 is 1.19 bits per heavy atom. The summed E-state index contributed by atoms with van der Waals surface area (Å²) in [5.41, 5.74) is 12.8. The molecule has 1 aromatic carbocycles. The maximum atomic E-state index is 11.7. The van der Waals surface area contributed by atoms with Crippen LogP contribution in [0.3, 0.4) is 0 Å². The largest absolute Gasteiger partial charge is 0.365 e. The molecule has 3 aromatic rings. The van der Waals surface area contributed by atoms with Crippen molar-refractivity contribution >= 4 is 23.4 Å². The van der Waals surface area contributed by atoms with E-state index >= 15 is 0 Å². The fourth-order valence-corrected chi connectivity index (χ4v) is 2.33. The molecule has 0 aliphatic heterocycles. The van der Waals surface area contributed by atoms with Crippen LogP contribution in [0.5, 0.6) is 0 Å². The third kappa shape index (κ3) is 4.53. The highest BCUT2D eigenvalue weighted by Gasteiger charge is 2.14. The topological polar surface area (TPSA) is 145 Å².